The maximum absolute atomic E-state index is 13.2. The number of carbonyl (C=O) groups is 1. The van der Waals surface area contributed by atoms with Gasteiger partial charge >= 0.3 is 0 Å². The number of pyridine rings is 1. The van der Waals surface area contributed by atoms with E-state index in [0.29, 0.717) is 18.2 Å². The summed E-state index contributed by atoms with van der Waals surface area (Å²) in [7, 11) is 0. The van der Waals surface area contributed by atoms with Crippen LogP contribution in [0.3, 0.4) is 0 Å². The van der Waals surface area contributed by atoms with E-state index in [9.17, 15) is 4.79 Å². The van der Waals surface area contributed by atoms with Gasteiger partial charge in [0.25, 0.3) is 5.91 Å². The molecule has 4 heteroatoms. The summed E-state index contributed by atoms with van der Waals surface area (Å²) in [6.07, 6.45) is 3.67. The molecule has 0 radical (unpaired) electrons. The quantitative estimate of drug-likeness (QED) is 0.673. The van der Waals surface area contributed by atoms with E-state index in [1.807, 2.05) is 23.1 Å². The maximum atomic E-state index is 13.2. The second-order valence-corrected chi connectivity index (χ2v) is 7.70. The first-order valence-electron chi connectivity index (χ1n) is 9.90. The number of rotatable bonds is 2. The Morgan fingerprint density at radius 1 is 1.00 bits per heavy atom. The van der Waals surface area contributed by atoms with Crippen molar-refractivity contribution in [3.63, 3.8) is 0 Å². The normalized spacial score (nSPS) is 18.0. The minimum atomic E-state index is 0.0817. The monoisotopic (exact) mass is 369 g/mol. The predicted octanol–water partition coefficient (Wildman–Crippen LogP) is 4.36. The van der Waals surface area contributed by atoms with Crippen molar-refractivity contribution in [1.29, 1.82) is 0 Å². The largest absolute Gasteiger partial charge is 0.334 e. The van der Waals surface area contributed by atoms with Crippen molar-refractivity contribution in [2.75, 3.05) is 11.4 Å². The molecule has 0 bridgehead atoms. The Morgan fingerprint density at radius 3 is 2.61 bits per heavy atom. The number of carbonyl (C=O) groups excluding carboxylic acids is 1. The van der Waals surface area contributed by atoms with Gasteiger partial charge in [-0.15, -0.1) is 0 Å². The Morgan fingerprint density at radius 2 is 1.75 bits per heavy atom. The summed E-state index contributed by atoms with van der Waals surface area (Å²) in [5.74, 6) is 0.930. The lowest BCUT2D eigenvalue weighted by Gasteiger charge is -2.29. The standard InChI is InChI=1S/C24H23N3O/c1-17-14-19-7-4-5-9-22(19)27(17)23-15-20(10-12-25-23)24(28)26-13-11-18-6-2-3-8-21(18)16-26/h2-10,12,15,17H,11,13-14,16H2,1H3. The highest BCUT2D eigenvalue weighted by Crippen LogP contribution is 2.37. The van der Waals surface area contributed by atoms with Gasteiger partial charge < -0.3 is 9.80 Å². The number of fused-ring (bicyclic) bond motifs is 2. The van der Waals surface area contributed by atoms with E-state index in [1.165, 1.54) is 22.4 Å². The lowest BCUT2D eigenvalue weighted by atomic mass is 9.99. The molecule has 1 aromatic heterocycles. The van der Waals surface area contributed by atoms with Crippen LogP contribution in [-0.2, 0) is 19.4 Å². The molecule has 3 heterocycles. The number of anilines is 2. The summed E-state index contributed by atoms with van der Waals surface area (Å²) >= 11 is 0. The molecule has 0 saturated heterocycles. The third kappa shape index (κ3) is 2.85. The fraction of sp³-hybridized carbons (Fsp3) is 0.250. The molecule has 4 nitrogen and oxygen atoms in total. The lowest BCUT2D eigenvalue weighted by molar-refractivity contribution is 0.0734. The summed E-state index contributed by atoms with van der Waals surface area (Å²) in [5, 5.41) is 0. The third-order valence-corrected chi connectivity index (χ3v) is 5.86. The minimum absolute atomic E-state index is 0.0817. The minimum Gasteiger partial charge on any atom is -0.334 e. The Balaban J connectivity index is 1.43. The van der Waals surface area contributed by atoms with E-state index in [4.69, 9.17) is 0 Å². The smallest absolute Gasteiger partial charge is 0.254 e. The van der Waals surface area contributed by atoms with Gasteiger partial charge in [0, 0.05) is 36.6 Å². The first-order chi connectivity index (χ1) is 13.7. The van der Waals surface area contributed by atoms with E-state index in [-0.39, 0.29) is 5.91 Å². The van der Waals surface area contributed by atoms with Gasteiger partial charge in [-0.3, -0.25) is 4.79 Å². The number of hydrogen-bond donors (Lipinski definition) is 0. The summed E-state index contributed by atoms with van der Waals surface area (Å²) < 4.78 is 0. The van der Waals surface area contributed by atoms with Crippen molar-refractivity contribution >= 4 is 17.4 Å². The second kappa shape index (κ2) is 6.79. The van der Waals surface area contributed by atoms with Crippen LogP contribution in [0.2, 0.25) is 0 Å². The van der Waals surface area contributed by atoms with Gasteiger partial charge in [0.2, 0.25) is 0 Å². The van der Waals surface area contributed by atoms with Crippen molar-refractivity contribution < 1.29 is 4.79 Å². The molecule has 2 aromatic carbocycles. The SMILES string of the molecule is CC1Cc2ccccc2N1c1cc(C(=O)N2CCc3ccccc3C2)ccn1. The number of hydrogen-bond acceptors (Lipinski definition) is 3. The molecule has 0 fully saturated rings. The van der Waals surface area contributed by atoms with E-state index in [2.05, 4.69) is 59.3 Å². The Bertz CT molecular complexity index is 1050. The molecule has 5 rings (SSSR count). The molecular formula is C24H23N3O. The van der Waals surface area contributed by atoms with Crippen LogP contribution >= 0.6 is 0 Å². The summed E-state index contributed by atoms with van der Waals surface area (Å²) in [5.41, 5.74) is 5.84. The molecule has 2 aliphatic rings. The third-order valence-electron chi connectivity index (χ3n) is 5.86. The highest BCUT2D eigenvalue weighted by molar-refractivity contribution is 5.95. The maximum Gasteiger partial charge on any atom is 0.254 e. The Hall–Kier alpha value is -3.14. The van der Waals surface area contributed by atoms with Crippen molar-refractivity contribution in [1.82, 2.24) is 9.88 Å². The molecule has 1 unspecified atom stereocenters. The highest BCUT2D eigenvalue weighted by Gasteiger charge is 2.29. The van der Waals surface area contributed by atoms with Crippen LogP contribution in [0.15, 0.2) is 66.9 Å². The number of aromatic nitrogens is 1. The second-order valence-electron chi connectivity index (χ2n) is 7.70. The van der Waals surface area contributed by atoms with Gasteiger partial charge in [-0.25, -0.2) is 4.98 Å². The topological polar surface area (TPSA) is 36.4 Å². The molecular weight excluding hydrogens is 346 g/mol. The summed E-state index contributed by atoms with van der Waals surface area (Å²) in [6, 6.07) is 21.0. The van der Waals surface area contributed by atoms with E-state index < -0.39 is 0 Å². The molecule has 2 aliphatic heterocycles. The van der Waals surface area contributed by atoms with Crippen LogP contribution in [0.5, 0.6) is 0 Å². The molecule has 0 aliphatic carbocycles. The van der Waals surface area contributed by atoms with Crippen LogP contribution in [0, 0.1) is 0 Å². The predicted molar refractivity (Wildman–Crippen MR) is 111 cm³/mol. The van der Waals surface area contributed by atoms with Crippen molar-refractivity contribution in [2.45, 2.75) is 32.4 Å². The molecule has 3 aromatic rings. The van der Waals surface area contributed by atoms with Gasteiger partial charge in [0.1, 0.15) is 5.82 Å². The van der Waals surface area contributed by atoms with Crippen LogP contribution in [0.1, 0.15) is 34.0 Å². The van der Waals surface area contributed by atoms with Crippen LogP contribution in [-0.4, -0.2) is 28.4 Å². The van der Waals surface area contributed by atoms with Crippen molar-refractivity contribution in [3.05, 3.63) is 89.1 Å². The van der Waals surface area contributed by atoms with Gasteiger partial charge in [0.05, 0.1) is 0 Å². The Labute approximate surface area is 165 Å². The lowest BCUT2D eigenvalue weighted by Crippen LogP contribution is -2.36. The number of nitrogens with zero attached hydrogens (tertiary/aromatic N) is 3. The number of para-hydroxylation sites is 1. The van der Waals surface area contributed by atoms with Crippen LogP contribution < -0.4 is 4.90 Å². The fourth-order valence-corrected chi connectivity index (χ4v) is 4.45. The zero-order valence-corrected chi connectivity index (χ0v) is 16.0. The first-order valence-corrected chi connectivity index (χ1v) is 9.90. The van der Waals surface area contributed by atoms with Gasteiger partial charge in [0.15, 0.2) is 0 Å². The average Bonchev–Trinajstić information content (AvgIpc) is 3.08. The van der Waals surface area contributed by atoms with E-state index in [0.717, 1.165) is 25.2 Å². The summed E-state index contributed by atoms with van der Waals surface area (Å²) in [6.45, 7) is 3.64. The van der Waals surface area contributed by atoms with Crippen LogP contribution in [0.4, 0.5) is 11.5 Å². The summed E-state index contributed by atoms with van der Waals surface area (Å²) in [4.78, 5) is 22.0. The van der Waals surface area contributed by atoms with Crippen LogP contribution in [0.25, 0.3) is 0 Å². The highest BCUT2D eigenvalue weighted by atomic mass is 16.2. The molecule has 0 spiro atoms. The van der Waals surface area contributed by atoms with Gasteiger partial charge in [-0.1, -0.05) is 42.5 Å². The number of benzene rings is 2. The Kier molecular flexibility index (Phi) is 4.12. The molecule has 1 amide bonds. The van der Waals surface area contributed by atoms with Gasteiger partial charge in [-0.2, -0.15) is 0 Å². The average molecular weight is 369 g/mol. The molecule has 0 N–H and O–H groups in total. The first kappa shape index (κ1) is 17.0. The molecule has 0 saturated carbocycles. The fourth-order valence-electron chi connectivity index (χ4n) is 4.45. The molecule has 1 atom stereocenters. The number of amides is 1. The van der Waals surface area contributed by atoms with Gasteiger partial charge in [-0.05, 0) is 54.7 Å². The van der Waals surface area contributed by atoms with E-state index >= 15 is 0 Å². The molecule has 28 heavy (non-hydrogen) atoms. The van der Waals surface area contributed by atoms with E-state index in [1.54, 1.807) is 6.20 Å². The molecule has 140 valence electrons. The van der Waals surface area contributed by atoms with Crippen molar-refractivity contribution in [2.24, 2.45) is 0 Å². The zero-order valence-electron chi connectivity index (χ0n) is 16.0. The zero-order chi connectivity index (χ0) is 19.1. The van der Waals surface area contributed by atoms with Crippen molar-refractivity contribution in [3.8, 4) is 0 Å².